The topological polar surface area (TPSA) is 90.4 Å². The van der Waals surface area contributed by atoms with Gasteiger partial charge >= 0.3 is 0 Å². The van der Waals surface area contributed by atoms with Crippen molar-refractivity contribution >= 4 is 35.6 Å². The Hall–Kier alpha value is -1.84. The summed E-state index contributed by atoms with van der Waals surface area (Å²) in [5.74, 6) is 2.13. The first-order chi connectivity index (χ1) is 10.2. The maximum atomic E-state index is 5.85. The lowest BCUT2D eigenvalue weighted by Gasteiger charge is -2.07. The number of ether oxygens (including phenoxy) is 1. The van der Waals surface area contributed by atoms with Crippen molar-refractivity contribution in [3.63, 3.8) is 0 Å². The van der Waals surface area contributed by atoms with E-state index in [1.807, 2.05) is 35.8 Å². The minimum absolute atomic E-state index is 0. The Balaban J connectivity index is 0.00000242. The second kappa shape index (κ2) is 9.23. The summed E-state index contributed by atoms with van der Waals surface area (Å²) in [6.07, 6.45) is 2.56. The molecule has 0 spiro atoms. The van der Waals surface area contributed by atoms with E-state index in [0.717, 1.165) is 23.7 Å². The van der Waals surface area contributed by atoms with E-state index in [1.165, 1.54) is 0 Å². The van der Waals surface area contributed by atoms with Crippen LogP contribution in [0.5, 0.6) is 5.75 Å². The summed E-state index contributed by atoms with van der Waals surface area (Å²) in [5.41, 5.74) is 6.72. The van der Waals surface area contributed by atoms with Gasteiger partial charge in [-0.25, -0.2) is 0 Å². The molecule has 0 bridgehead atoms. The summed E-state index contributed by atoms with van der Waals surface area (Å²) in [5, 5.41) is 10.9. The Bertz CT molecular complexity index is 596. The van der Waals surface area contributed by atoms with Gasteiger partial charge in [-0.2, -0.15) is 0 Å². The number of hydrogen-bond donors (Lipinski definition) is 2. The van der Waals surface area contributed by atoms with E-state index in [9.17, 15) is 0 Å². The lowest BCUT2D eigenvalue weighted by Crippen LogP contribution is -2.23. The molecule has 0 aliphatic rings. The number of guanidine groups is 1. The van der Waals surface area contributed by atoms with Gasteiger partial charge in [-0.15, -0.1) is 34.2 Å². The Morgan fingerprint density at radius 2 is 2.09 bits per heavy atom. The monoisotopic (exact) mass is 416 g/mol. The maximum absolute atomic E-state index is 5.85. The Labute approximate surface area is 147 Å². The number of nitrogens with one attached hydrogen (secondary N) is 1. The van der Waals surface area contributed by atoms with Crippen LogP contribution in [0.1, 0.15) is 12.7 Å². The highest BCUT2D eigenvalue weighted by atomic mass is 127. The Morgan fingerprint density at radius 3 is 2.73 bits per heavy atom. The molecule has 0 radical (unpaired) electrons. The largest absolute Gasteiger partial charge is 0.497 e. The molecule has 0 aliphatic carbocycles. The van der Waals surface area contributed by atoms with E-state index in [1.54, 1.807) is 13.4 Å². The van der Waals surface area contributed by atoms with E-state index in [0.29, 0.717) is 19.0 Å². The number of anilines is 1. The molecule has 22 heavy (non-hydrogen) atoms. The van der Waals surface area contributed by atoms with Gasteiger partial charge < -0.3 is 20.4 Å². The van der Waals surface area contributed by atoms with Gasteiger partial charge in [0.05, 0.1) is 13.7 Å². The highest BCUT2D eigenvalue weighted by molar-refractivity contribution is 14.0. The van der Waals surface area contributed by atoms with Gasteiger partial charge in [0, 0.05) is 18.7 Å². The first kappa shape index (κ1) is 18.2. The average molecular weight is 416 g/mol. The molecule has 1 heterocycles. The molecule has 120 valence electrons. The fourth-order valence-electron chi connectivity index (χ4n) is 1.88. The van der Waals surface area contributed by atoms with Crippen molar-refractivity contribution in [2.75, 3.05) is 19.0 Å². The number of aromatic nitrogens is 3. The van der Waals surface area contributed by atoms with Gasteiger partial charge in [-0.3, -0.25) is 4.99 Å². The summed E-state index contributed by atoms with van der Waals surface area (Å²) in [6, 6.07) is 7.49. The molecule has 1 aromatic carbocycles. The normalized spacial score (nSPS) is 10.9. The summed E-state index contributed by atoms with van der Waals surface area (Å²) in [7, 11) is 1.63. The Kier molecular flexibility index (Phi) is 7.64. The number of hydrogen-bond acceptors (Lipinski definition) is 4. The molecule has 0 atom stereocenters. The Morgan fingerprint density at radius 1 is 1.36 bits per heavy atom. The van der Waals surface area contributed by atoms with Gasteiger partial charge in [0.2, 0.25) is 0 Å². The smallest absolute Gasteiger partial charge is 0.193 e. The molecule has 0 unspecified atom stereocenters. The molecule has 7 nitrogen and oxygen atoms in total. The zero-order valence-corrected chi connectivity index (χ0v) is 15.0. The van der Waals surface area contributed by atoms with Crippen LogP contribution in [-0.2, 0) is 13.0 Å². The first-order valence-electron chi connectivity index (χ1n) is 6.80. The number of nitrogens with zero attached hydrogens (tertiary/aromatic N) is 4. The van der Waals surface area contributed by atoms with Crippen LogP contribution >= 0.6 is 24.0 Å². The third kappa shape index (κ3) is 5.17. The molecule has 2 rings (SSSR count). The van der Waals surface area contributed by atoms with Crippen molar-refractivity contribution in [3.05, 3.63) is 36.4 Å². The zero-order chi connectivity index (χ0) is 15.1. The third-order valence-electron chi connectivity index (χ3n) is 3.00. The van der Waals surface area contributed by atoms with Gasteiger partial charge in [-0.05, 0) is 24.3 Å². The second-order valence-corrected chi connectivity index (χ2v) is 4.41. The second-order valence-electron chi connectivity index (χ2n) is 4.41. The number of benzene rings is 1. The fraction of sp³-hybridized carbons (Fsp3) is 0.357. The molecule has 8 heteroatoms. The molecular weight excluding hydrogens is 395 g/mol. The van der Waals surface area contributed by atoms with Crippen LogP contribution in [0.25, 0.3) is 0 Å². The quantitative estimate of drug-likeness (QED) is 0.427. The highest BCUT2D eigenvalue weighted by Crippen LogP contribution is 2.14. The number of methoxy groups -OCH3 is 1. The average Bonchev–Trinajstić information content (AvgIpc) is 2.95. The molecule has 0 saturated heterocycles. The van der Waals surface area contributed by atoms with Gasteiger partial charge in [0.25, 0.3) is 0 Å². The van der Waals surface area contributed by atoms with Crippen molar-refractivity contribution in [3.8, 4) is 5.75 Å². The van der Waals surface area contributed by atoms with E-state index in [4.69, 9.17) is 10.5 Å². The van der Waals surface area contributed by atoms with Crippen molar-refractivity contribution < 1.29 is 4.74 Å². The van der Waals surface area contributed by atoms with E-state index in [2.05, 4.69) is 20.5 Å². The summed E-state index contributed by atoms with van der Waals surface area (Å²) >= 11 is 0. The van der Waals surface area contributed by atoms with E-state index < -0.39 is 0 Å². The SMILES string of the molecule is CCc1nncn1CCN=C(N)Nc1ccc(OC)cc1.I. The van der Waals surface area contributed by atoms with Crippen LogP contribution in [0.2, 0.25) is 0 Å². The summed E-state index contributed by atoms with van der Waals surface area (Å²) in [6.45, 7) is 3.32. The maximum Gasteiger partial charge on any atom is 0.193 e. The molecule has 1 aromatic heterocycles. The summed E-state index contributed by atoms with van der Waals surface area (Å²) < 4.78 is 7.07. The van der Waals surface area contributed by atoms with Crippen LogP contribution in [0, 0.1) is 0 Å². The summed E-state index contributed by atoms with van der Waals surface area (Å²) in [4.78, 5) is 4.29. The van der Waals surface area contributed by atoms with E-state index >= 15 is 0 Å². The van der Waals surface area contributed by atoms with Gasteiger partial charge in [0.1, 0.15) is 17.9 Å². The van der Waals surface area contributed by atoms with Crippen LogP contribution in [0.3, 0.4) is 0 Å². The van der Waals surface area contributed by atoms with Crippen molar-refractivity contribution in [2.24, 2.45) is 10.7 Å². The number of nitrogens with two attached hydrogens (primary N) is 1. The number of aryl methyl sites for hydroxylation is 1. The van der Waals surface area contributed by atoms with Gasteiger partial charge in [0.15, 0.2) is 5.96 Å². The molecular formula is C14H21IN6O. The lowest BCUT2D eigenvalue weighted by molar-refractivity contribution is 0.415. The van der Waals surface area contributed by atoms with E-state index in [-0.39, 0.29) is 24.0 Å². The van der Waals surface area contributed by atoms with Gasteiger partial charge in [-0.1, -0.05) is 6.92 Å². The number of halogens is 1. The van der Waals surface area contributed by atoms with Crippen LogP contribution in [0.4, 0.5) is 5.69 Å². The molecule has 0 fully saturated rings. The molecule has 3 N–H and O–H groups in total. The van der Waals surface area contributed by atoms with Crippen molar-refractivity contribution in [1.29, 1.82) is 0 Å². The number of rotatable bonds is 6. The predicted octanol–water partition coefficient (Wildman–Crippen LogP) is 1.89. The highest BCUT2D eigenvalue weighted by Gasteiger charge is 2.00. The predicted molar refractivity (Wildman–Crippen MR) is 97.9 cm³/mol. The first-order valence-corrected chi connectivity index (χ1v) is 6.80. The molecule has 0 aliphatic heterocycles. The molecule has 0 saturated carbocycles. The van der Waals surface area contributed by atoms with Crippen molar-refractivity contribution in [1.82, 2.24) is 14.8 Å². The van der Waals surface area contributed by atoms with Crippen LogP contribution in [-0.4, -0.2) is 34.4 Å². The fourth-order valence-corrected chi connectivity index (χ4v) is 1.88. The molecule has 0 amide bonds. The molecule has 2 aromatic rings. The van der Waals surface area contributed by atoms with Crippen LogP contribution < -0.4 is 15.8 Å². The number of aliphatic imine (C=N–C) groups is 1. The third-order valence-corrected chi connectivity index (χ3v) is 3.00. The van der Waals surface area contributed by atoms with Crippen molar-refractivity contribution in [2.45, 2.75) is 19.9 Å². The zero-order valence-electron chi connectivity index (χ0n) is 12.7. The standard InChI is InChI=1S/C14H20N6O.HI/c1-3-13-19-17-10-20(13)9-8-16-14(15)18-11-4-6-12(21-2)7-5-11;/h4-7,10H,3,8-9H2,1-2H3,(H3,15,16,18);1H. The minimum atomic E-state index is 0. The van der Waals surface area contributed by atoms with Crippen LogP contribution in [0.15, 0.2) is 35.6 Å². The lowest BCUT2D eigenvalue weighted by atomic mass is 10.3. The minimum Gasteiger partial charge on any atom is -0.497 e.